The predicted molar refractivity (Wildman–Crippen MR) is 166 cm³/mol. The molecule has 2 fully saturated rings. The molecule has 6 atom stereocenters. The number of cyclic esters (lactones) is 1. The van der Waals surface area contributed by atoms with Gasteiger partial charge in [0.05, 0.1) is 12.5 Å². The Bertz CT molecular complexity index is 1120. The van der Waals surface area contributed by atoms with Crippen molar-refractivity contribution in [1.29, 1.82) is 0 Å². The molecular weight excluding hydrogens is 532 g/mol. The van der Waals surface area contributed by atoms with Crippen LogP contribution in [0.25, 0.3) is 6.08 Å². The molecule has 3 aliphatic heterocycles. The number of benzene rings is 1. The van der Waals surface area contributed by atoms with E-state index < -0.39 is 24.3 Å². The van der Waals surface area contributed by atoms with E-state index >= 15 is 0 Å². The highest BCUT2D eigenvalue weighted by atomic mass is 16.6. The number of esters is 1. The number of nitrogens with zero attached hydrogens (tertiary/aromatic N) is 3. The maximum atomic E-state index is 13.0. The second-order valence-electron chi connectivity index (χ2n) is 12.4. The van der Waals surface area contributed by atoms with Crippen LogP contribution < -0.4 is 10.2 Å². The zero-order chi connectivity index (χ0) is 30.2. The molecule has 9 nitrogen and oxygen atoms in total. The third-order valence-electron chi connectivity index (χ3n) is 8.93. The molecule has 1 amide bonds. The van der Waals surface area contributed by atoms with Crippen LogP contribution in [-0.4, -0.2) is 105 Å². The third-order valence-corrected chi connectivity index (χ3v) is 8.93. The molecule has 4 rings (SSSR count). The van der Waals surface area contributed by atoms with Gasteiger partial charge >= 0.3 is 12.1 Å². The highest BCUT2D eigenvalue weighted by molar-refractivity contribution is 5.71. The number of carbonyl (C=O) groups is 2. The van der Waals surface area contributed by atoms with Gasteiger partial charge in [-0.15, -0.1) is 0 Å². The van der Waals surface area contributed by atoms with Crippen LogP contribution in [0, 0.1) is 11.8 Å². The maximum absolute atomic E-state index is 13.0. The minimum absolute atomic E-state index is 0.0131. The van der Waals surface area contributed by atoms with E-state index in [0.29, 0.717) is 32.0 Å². The minimum atomic E-state index is -0.809. The average molecular weight is 583 g/mol. The molecular formula is C33H50N4O5. The van der Waals surface area contributed by atoms with Gasteiger partial charge in [0.1, 0.15) is 12.2 Å². The SMILES string of the molecule is CN[C@H]1CCN(c2cccc(/C=C(\C)[C@H]3OC(=O)C[C@H](O)CC[C@H](C)[C@@H](OC(=O)N4CCN(C)CC4)/C=C/[C@@H]3C)c2)C1. The van der Waals surface area contributed by atoms with E-state index in [1.165, 1.54) is 5.69 Å². The highest BCUT2D eigenvalue weighted by Gasteiger charge is 2.29. The summed E-state index contributed by atoms with van der Waals surface area (Å²) < 4.78 is 12.0. The number of anilines is 1. The van der Waals surface area contributed by atoms with Crippen molar-refractivity contribution in [1.82, 2.24) is 15.1 Å². The number of aliphatic hydroxyl groups is 1. The monoisotopic (exact) mass is 582 g/mol. The largest absolute Gasteiger partial charge is 0.457 e. The summed E-state index contributed by atoms with van der Waals surface area (Å²) in [6, 6.07) is 8.94. The third kappa shape index (κ3) is 8.82. The number of hydrogen-bond donors (Lipinski definition) is 2. The Hall–Kier alpha value is -2.88. The Morgan fingerprint density at radius 2 is 1.86 bits per heavy atom. The number of ether oxygens (including phenoxy) is 2. The fourth-order valence-electron chi connectivity index (χ4n) is 6.02. The predicted octanol–water partition coefficient (Wildman–Crippen LogP) is 3.93. The Balaban J connectivity index is 1.53. The average Bonchev–Trinajstić information content (AvgIpc) is 3.46. The first-order valence-electron chi connectivity index (χ1n) is 15.5. The van der Waals surface area contributed by atoms with Crippen molar-refractivity contribution in [3.63, 3.8) is 0 Å². The molecule has 0 radical (unpaired) electrons. The summed E-state index contributed by atoms with van der Waals surface area (Å²) in [4.78, 5) is 32.3. The van der Waals surface area contributed by atoms with Gasteiger partial charge < -0.3 is 34.6 Å². The molecule has 0 aromatic heterocycles. The molecule has 0 unspecified atom stereocenters. The Labute approximate surface area is 251 Å². The summed E-state index contributed by atoms with van der Waals surface area (Å²) in [5.74, 6) is -0.589. The first-order valence-corrected chi connectivity index (χ1v) is 15.5. The van der Waals surface area contributed by atoms with Gasteiger partial charge in [-0.1, -0.05) is 38.1 Å². The maximum Gasteiger partial charge on any atom is 0.410 e. The van der Waals surface area contributed by atoms with E-state index in [0.717, 1.165) is 43.7 Å². The molecule has 3 aliphatic rings. The van der Waals surface area contributed by atoms with E-state index in [1.807, 2.05) is 40.0 Å². The summed E-state index contributed by atoms with van der Waals surface area (Å²) in [7, 11) is 4.06. The molecule has 0 spiro atoms. The number of hydrogen-bond acceptors (Lipinski definition) is 8. The number of nitrogens with one attached hydrogen (secondary N) is 1. The van der Waals surface area contributed by atoms with Crippen LogP contribution in [0.15, 0.2) is 42.0 Å². The molecule has 2 saturated heterocycles. The fourth-order valence-corrected chi connectivity index (χ4v) is 6.02. The van der Waals surface area contributed by atoms with Gasteiger partial charge in [0.15, 0.2) is 0 Å². The molecule has 9 heteroatoms. The molecule has 0 saturated carbocycles. The topological polar surface area (TPSA) is 94.6 Å². The summed E-state index contributed by atoms with van der Waals surface area (Å²) in [6.07, 6.45) is 6.06. The standard InChI is InChI=1S/C33H50N4O5/c1-23-9-11-29(38)21-31(39)42-32(24(2)10-12-30(23)41-33(40)36-17-15-35(5)16-18-36)25(3)19-26-7-6-8-28(20-26)37-14-13-27(22-37)34-4/h6-8,10,12,19-20,23-24,27,29-30,32,34,38H,9,11,13-18,21-22H2,1-5H3/b12-10+,25-19+/t23-,24-,27-,29+,30-,32-/m0/s1. The Morgan fingerprint density at radius 3 is 2.57 bits per heavy atom. The van der Waals surface area contributed by atoms with Crippen molar-refractivity contribution in [3.8, 4) is 0 Å². The van der Waals surface area contributed by atoms with Gasteiger partial charge in [-0.05, 0) is 75.5 Å². The lowest BCUT2D eigenvalue weighted by atomic mass is 9.91. The molecule has 1 aromatic carbocycles. The second kappa shape index (κ2) is 15.0. The van der Waals surface area contributed by atoms with Crippen LogP contribution in [0.4, 0.5) is 10.5 Å². The molecule has 1 aromatic rings. The van der Waals surface area contributed by atoms with Crippen LogP contribution in [-0.2, 0) is 14.3 Å². The lowest BCUT2D eigenvalue weighted by molar-refractivity contribution is -0.151. The van der Waals surface area contributed by atoms with E-state index in [2.05, 4.69) is 52.5 Å². The first-order chi connectivity index (χ1) is 20.1. The Kier molecular flexibility index (Phi) is 11.5. The second-order valence-corrected chi connectivity index (χ2v) is 12.4. The number of amides is 1. The summed E-state index contributed by atoms with van der Waals surface area (Å²) in [5, 5.41) is 14.0. The normalized spacial score (nSPS) is 31.2. The molecule has 3 heterocycles. The van der Waals surface area contributed by atoms with E-state index in [1.54, 1.807) is 4.90 Å². The molecule has 0 aliphatic carbocycles. The summed E-state index contributed by atoms with van der Waals surface area (Å²) >= 11 is 0. The summed E-state index contributed by atoms with van der Waals surface area (Å²) in [5.41, 5.74) is 3.14. The smallest absolute Gasteiger partial charge is 0.410 e. The van der Waals surface area contributed by atoms with E-state index in [-0.39, 0.29) is 24.3 Å². The van der Waals surface area contributed by atoms with Gasteiger partial charge in [-0.2, -0.15) is 0 Å². The van der Waals surface area contributed by atoms with Crippen molar-refractivity contribution in [2.45, 2.75) is 70.8 Å². The van der Waals surface area contributed by atoms with Gasteiger partial charge in [0, 0.05) is 56.9 Å². The number of rotatable bonds is 5. The lowest BCUT2D eigenvalue weighted by Crippen LogP contribution is -2.48. The van der Waals surface area contributed by atoms with Crippen LogP contribution in [0.5, 0.6) is 0 Å². The van der Waals surface area contributed by atoms with E-state index in [4.69, 9.17) is 9.47 Å². The number of carbonyl (C=O) groups excluding carboxylic acids is 2. The quantitative estimate of drug-likeness (QED) is 0.399. The van der Waals surface area contributed by atoms with Gasteiger partial charge in [-0.25, -0.2) is 4.79 Å². The zero-order valence-electron chi connectivity index (χ0n) is 26.0. The Morgan fingerprint density at radius 1 is 1.10 bits per heavy atom. The molecule has 2 N–H and O–H groups in total. The highest BCUT2D eigenvalue weighted by Crippen LogP contribution is 2.27. The van der Waals surface area contributed by atoms with Crippen molar-refractivity contribution >= 4 is 23.8 Å². The van der Waals surface area contributed by atoms with Gasteiger partial charge in [0.2, 0.25) is 0 Å². The number of piperazine rings is 1. The molecule has 0 bridgehead atoms. The van der Waals surface area contributed by atoms with Gasteiger partial charge in [0.25, 0.3) is 0 Å². The van der Waals surface area contributed by atoms with Crippen LogP contribution in [0.1, 0.15) is 52.0 Å². The minimum Gasteiger partial charge on any atom is -0.457 e. The summed E-state index contributed by atoms with van der Waals surface area (Å²) in [6.45, 7) is 11.0. The van der Waals surface area contributed by atoms with Crippen molar-refractivity contribution < 1.29 is 24.2 Å². The number of likely N-dealkylation sites (N-methyl/N-ethyl adjacent to an activating group) is 2. The van der Waals surface area contributed by atoms with Crippen molar-refractivity contribution in [2.75, 3.05) is 58.3 Å². The molecule has 232 valence electrons. The number of aliphatic hydroxyl groups excluding tert-OH is 1. The van der Waals surface area contributed by atoms with Crippen molar-refractivity contribution in [2.24, 2.45) is 11.8 Å². The lowest BCUT2D eigenvalue weighted by Gasteiger charge is -2.33. The van der Waals surface area contributed by atoms with Gasteiger partial charge in [-0.3, -0.25) is 4.79 Å². The zero-order valence-corrected chi connectivity index (χ0v) is 26.0. The van der Waals surface area contributed by atoms with Crippen LogP contribution in [0.3, 0.4) is 0 Å². The van der Waals surface area contributed by atoms with E-state index in [9.17, 15) is 14.7 Å². The van der Waals surface area contributed by atoms with Crippen LogP contribution >= 0.6 is 0 Å². The van der Waals surface area contributed by atoms with Crippen molar-refractivity contribution in [3.05, 3.63) is 47.6 Å². The first kappa shape index (κ1) is 32.0. The molecule has 42 heavy (non-hydrogen) atoms. The van der Waals surface area contributed by atoms with Crippen LogP contribution in [0.2, 0.25) is 0 Å². The fraction of sp³-hybridized carbons (Fsp3) is 0.636.